The normalized spacial score (nSPS) is 11.1. The Hall–Kier alpha value is -2.61. The van der Waals surface area contributed by atoms with Crippen molar-refractivity contribution >= 4 is 55.8 Å². The van der Waals surface area contributed by atoms with E-state index in [9.17, 15) is 4.79 Å². The maximum Gasteiger partial charge on any atom is 0.266 e. The van der Waals surface area contributed by atoms with Crippen molar-refractivity contribution < 1.29 is 9.53 Å². The highest BCUT2D eigenvalue weighted by molar-refractivity contribution is 7.22. The molecule has 0 aliphatic heterocycles. The standard InChI is InChI=1S/C22H20Cl2N4O2S/c1-15-3-5-18-20(11-15)31-22(26-18)28(9-2-8-27-10-7-25-14-27)21(29)13-30-19-6-4-16(23)12-17(19)24/h3-7,10-12,14H,2,8-9,13H2,1H3. The van der Waals surface area contributed by atoms with Gasteiger partial charge in [0.05, 0.1) is 21.6 Å². The molecule has 0 fully saturated rings. The molecule has 0 atom stereocenters. The SMILES string of the molecule is Cc1ccc2nc(N(CCCn3ccnc3)C(=O)COc3ccc(Cl)cc3Cl)sc2c1. The number of fused-ring (bicyclic) bond motifs is 1. The first-order valence-corrected chi connectivity index (χ1v) is 11.3. The average Bonchev–Trinajstić information content (AvgIpc) is 3.39. The van der Waals surface area contributed by atoms with Crippen LogP contribution in [0.4, 0.5) is 5.13 Å². The van der Waals surface area contributed by atoms with Crippen LogP contribution in [0.1, 0.15) is 12.0 Å². The zero-order valence-corrected chi connectivity index (χ0v) is 19.1. The first-order chi connectivity index (χ1) is 15.0. The number of carbonyl (C=O) groups excluding carboxylic acids is 1. The number of benzene rings is 2. The number of amides is 1. The lowest BCUT2D eigenvalue weighted by Crippen LogP contribution is -2.36. The molecule has 160 valence electrons. The van der Waals surface area contributed by atoms with E-state index in [0.717, 1.165) is 28.7 Å². The number of aryl methyl sites for hydroxylation is 2. The van der Waals surface area contributed by atoms with Crippen LogP contribution in [0.15, 0.2) is 55.1 Å². The van der Waals surface area contributed by atoms with Crippen LogP contribution in [0.2, 0.25) is 10.0 Å². The van der Waals surface area contributed by atoms with Gasteiger partial charge in [-0.15, -0.1) is 0 Å². The molecule has 2 aromatic heterocycles. The Bertz CT molecular complexity index is 1190. The number of ether oxygens (including phenoxy) is 1. The summed E-state index contributed by atoms with van der Waals surface area (Å²) in [5.74, 6) is 0.227. The molecule has 1 amide bonds. The van der Waals surface area contributed by atoms with Crippen molar-refractivity contribution in [2.24, 2.45) is 0 Å². The molecular weight excluding hydrogens is 455 g/mol. The molecule has 0 bridgehead atoms. The van der Waals surface area contributed by atoms with E-state index in [1.54, 1.807) is 35.6 Å². The van der Waals surface area contributed by atoms with Crippen LogP contribution in [0, 0.1) is 6.92 Å². The van der Waals surface area contributed by atoms with E-state index in [1.165, 1.54) is 11.3 Å². The number of hydrogen-bond donors (Lipinski definition) is 0. The largest absolute Gasteiger partial charge is 0.482 e. The molecule has 4 rings (SSSR count). The Labute approximate surface area is 194 Å². The average molecular weight is 475 g/mol. The first-order valence-electron chi connectivity index (χ1n) is 9.71. The van der Waals surface area contributed by atoms with Gasteiger partial charge in [0.1, 0.15) is 5.75 Å². The molecule has 2 aromatic carbocycles. The van der Waals surface area contributed by atoms with E-state index in [2.05, 4.69) is 16.0 Å². The van der Waals surface area contributed by atoms with E-state index < -0.39 is 0 Å². The highest BCUT2D eigenvalue weighted by Crippen LogP contribution is 2.31. The molecule has 0 aliphatic rings. The summed E-state index contributed by atoms with van der Waals surface area (Å²) in [7, 11) is 0. The third-order valence-corrected chi connectivity index (χ3v) is 6.24. The summed E-state index contributed by atoms with van der Waals surface area (Å²) in [5, 5.41) is 1.53. The van der Waals surface area contributed by atoms with Gasteiger partial charge < -0.3 is 9.30 Å². The number of aromatic nitrogens is 3. The van der Waals surface area contributed by atoms with Gasteiger partial charge in [-0.1, -0.05) is 40.6 Å². The number of carbonyl (C=O) groups is 1. The second-order valence-corrected chi connectivity index (χ2v) is 8.88. The van der Waals surface area contributed by atoms with Crippen LogP contribution in [0.5, 0.6) is 5.75 Å². The monoisotopic (exact) mass is 474 g/mol. The van der Waals surface area contributed by atoms with E-state index in [4.69, 9.17) is 27.9 Å². The maximum absolute atomic E-state index is 13.1. The smallest absolute Gasteiger partial charge is 0.266 e. The highest BCUT2D eigenvalue weighted by atomic mass is 35.5. The summed E-state index contributed by atoms with van der Waals surface area (Å²) in [5.41, 5.74) is 2.03. The molecule has 0 N–H and O–H groups in total. The summed E-state index contributed by atoms with van der Waals surface area (Å²) in [6.45, 7) is 3.14. The van der Waals surface area contributed by atoms with Crippen molar-refractivity contribution in [1.82, 2.24) is 14.5 Å². The number of hydrogen-bond acceptors (Lipinski definition) is 5. The summed E-state index contributed by atoms with van der Waals surface area (Å²) in [6, 6.07) is 11.0. The number of anilines is 1. The molecule has 0 saturated carbocycles. The summed E-state index contributed by atoms with van der Waals surface area (Å²) in [6.07, 6.45) is 6.15. The lowest BCUT2D eigenvalue weighted by atomic mass is 10.2. The number of nitrogens with zero attached hydrogens (tertiary/aromatic N) is 4. The second kappa shape index (κ2) is 9.68. The van der Waals surface area contributed by atoms with E-state index >= 15 is 0 Å². The van der Waals surface area contributed by atoms with Gasteiger partial charge in [0.15, 0.2) is 11.7 Å². The number of thiazole rings is 1. The van der Waals surface area contributed by atoms with Crippen LogP contribution >= 0.6 is 34.5 Å². The van der Waals surface area contributed by atoms with Crippen molar-refractivity contribution in [1.29, 1.82) is 0 Å². The zero-order chi connectivity index (χ0) is 21.8. The predicted molar refractivity (Wildman–Crippen MR) is 126 cm³/mol. The fourth-order valence-corrected chi connectivity index (χ4v) is 4.67. The third-order valence-electron chi connectivity index (χ3n) is 4.67. The minimum Gasteiger partial charge on any atom is -0.482 e. The fourth-order valence-electron chi connectivity index (χ4n) is 3.10. The van der Waals surface area contributed by atoms with Crippen molar-refractivity contribution in [2.45, 2.75) is 19.9 Å². The topological polar surface area (TPSA) is 60.2 Å². The molecule has 0 radical (unpaired) electrons. The molecule has 31 heavy (non-hydrogen) atoms. The van der Waals surface area contributed by atoms with Crippen LogP contribution < -0.4 is 9.64 Å². The van der Waals surface area contributed by atoms with Gasteiger partial charge in [-0.05, 0) is 49.2 Å². The maximum atomic E-state index is 13.1. The quantitative estimate of drug-likeness (QED) is 0.332. The zero-order valence-electron chi connectivity index (χ0n) is 16.8. The van der Waals surface area contributed by atoms with Crippen molar-refractivity contribution in [3.05, 3.63) is 70.7 Å². The highest BCUT2D eigenvalue weighted by Gasteiger charge is 2.21. The van der Waals surface area contributed by atoms with Gasteiger partial charge in [-0.3, -0.25) is 9.69 Å². The fraction of sp³-hybridized carbons (Fsp3) is 0.227. The minimum absolute atomic E-state index is 0.151. The van der Waals surface area contributed by atoms with Crippen LogP contribution in [-0.4, -0.2) is 33.6 Å². The molecule has 0 aliphatic carbocycles. The number of imidazole rings is 1. The van der Waals surface area contributed by atoms with Gasteiger partial charge in [-0.25, -0.2) is 9.97 Å². The molecule has 0 saturated heterocycles. The number of halogens is 2. The van der Waals surface area contributed by atoms with Gasteiger partial charge in [0.25, 0.3) is 5.91 Å². The van der Waals surface area contributed by atoms with E-state index in [1.807, 2.05) is 29.8 Å². The molecule has 0 spiro atoms. The van der Waals surface area contributed by atoms with Gasteiger partial charge in [0, 0.05) is 30.5 Å². The molecule has 9 heteroatoms. The second-order valence-electron chi connectivity index (χ2n) is 7.03. The lowest BCUT2D eigenvalue weighted by Gasteiger charge is -2.20. The van der Waals surface area contributed by atoms with Crippen molar-refractivity contribution in [3.8, 4) is 5.75 Å². The molecule has 4 aromatic rings. The lowest BCUT2D eigenvalue weighted by molar-refractivity contribution is -0.120. The summed E-state index contributed by atoms with van der Waals surface area (Å²) >= 11 is 13.6. The Morgan fingerprint density at radius 3 is 2.87 bits per heavy atom. The van der Waals surface area contributed by atoms with Gasteiger partial charge in [0.2, 0.25) is 0 Å². The van der Waals surface area contributed by atoms with Crippen molar-refractivity contribution in [2.75, 3.05) is 18.1 Å². The third kappa shape index (κ3) is 5.36. The summed E-state index contributed by atoms with van der Waals surface area (Å²) < 4.78 is 8.71. The van der Waals surface area contributed by atoms with Crippen LogP contribution in [0.3, 0.4) is 0 Å². The Kier molecular flexibility index (Phi) is 6.75. The Morgan fingerprint density at radius 1 is 1.23 bits per heavy atom. The Morgan fingerprint density at radius 2 is 2.10 bits per heavy atom. The van der Waals surface area contributed by atoms with Crippen LogP contribution in [-0.2, 0) is 11.3 Å². The Balaban J connectivity index is 1.51. The summed E-state index contributed by atoms with van der Waals surface area (Å²) in [4.78, 5) is 23.5. The number of rotatable bonds is 8. The predicted octanol–water partition coefficient (Wildman–Crippen LogP) is 5.61. The van der Waals surface area contributed by atoms with Crippen molar-refractivity contribution in [3.63, 3.8) is 0 Å². The van der Waals surface area contributed by atoms with E-state index in [-0.39, 0.29) is 12.5 Å². The first kappa shape index (κ1) is 21.6. The molecule has 0 unspecified atom stereocenters. The van der Waals surface area contributed by atoms with Gasteiger partial charge in [-0.2, -0.15) is 0 Å². The van der Waals surface area contributed by atoms with Crippen LogP contribution in [0.25, 0.3) is 10.2 Å². The van der Waals surface area contributed by atoms with Gasteiger partial charge >= 0.3 is 0 Å². The minimum atomic E-state index is -0.188. The molecule has 2 heterocycles. The molecular formula is C22H20Cl2N4O2S. The van der Waals surface area contributed by atoms with E-state index in [0.29, 0.717) is 27.5 Å². The molecule has 6 nitrogen and oxygen atoms in total.